The number of rotatable bonds is 7. The van der Waals surface area contributed by atoms with Crippen LogP contribution in [-0.2, 0) is 6.18 Å². The molecule has 2 aromatic carbocycles. The molecule has 0 N–H and O–H groups in total. The summed E-state index contributed by atoms with van der Waals surface area (Å²) in [5, 5.41) is 1.73. The van der Waals surface area contributed by atoms with Gasteiger partial charge < -0.3 is 9.47 Å². The molecular formula is C25H21F3N2O3S. The molecule has 4 aromatic rings. The molecule has 0 fully saturated rings. The van der Waals surface area contributed by atoms with E-state index in [1.165, 1.54) is 27.9 Å². The van der Waals surface area contributed by atoms with Crippen LogP contribution in [0.4, 0.5) is 13.2 Å². The number of fused-ring (bicyclic) bond motifs is 1. The molecule has 0 amide bonds. The number of hydrogen-bond donors (Lipinski definition) is 0. The SMILES string of the molecule is CCCOc1c(C=Cc2nc3sccn3c(=O)c2-c2ccc(C(F)(F)F)cc2)cccc1OC. The van der Waals surface area contributed by atoms with E-state index in [0.717, 1.165) is 24.1 Å². The maximum Gasteiger partial charge on any atom is 0.416 e. The summed E-state index contributed by atoms with van der Waals surface area (Å²) >= 11 is 1.29. The third kappa shape index (κ3) is 4.70. The molecule has 34 heavy (non-hydrogen) atoms. The van der Waals surface area contributed by atoms with E-state index in [4.69, 9.17) is 9.47 Å². The van der Waals surface area contributed by atoms with E-state index in [0.29, 0.717) is 34.3 Å². The first-order chi connectivity index (χ1) is 16.3. The van der Waals surface area contributed by atoms with Crippen molar-refractivity contribution in [2.75, 3.05) is 13.7 Å². The van der Waals surface area contributed by atoms with Crippen molar-refractivity contribution in [3.63, 3.8) is 0 Å². The molecule has 2 aromatic heterocycles. The average Bonchev–Trinajstić information content (AvgIpc) is 3.30. The third-order valence-corrected chi connectivity index (χ3v) is 5.85. The first-order valence-electron chi connectivity index (χ1n) is 10.5. The first kappa shape index (κ1) is 23.6. The molecule has 0 aliphatic carbocycles. The van der Waals surface area contributed by atoms with Gasteiger partial charge in [0.2, 0.25) is 0 Å². The topological polar surface area (TPSA) is 52.8 Å². The molecule has 0 saturated carbocycles. The third-order valence-electron chi connectivity index (χ3n) is 5.10. The smallest absolute Gasteiger partial charge is 0.416 e. The minimum Gasteiger partial charge on any atom is -0.493 e. The average molecular weight is 487 g/mol. The highest BCUT2D eigenvalue weighted by molar-refractivity contribution is 7.15. The Morgan fingerprint density at radius 3 is 2.56 bits per heavy atom. The molecule has 0 aliphatic heterocycles. The standard InChI is InChI=1S/C25H21F3N2O3S/c1-3-14-33-22-17(5-4-6-20(22)32-2)9-12-19-21(23(31)30-13-15-34-24(30)29-19)16-7-10-18(11-8-16)25(26,27)28/h4-13,15H,3,14H2,1-2H3. The summed E-state index contributed by atoms with van der Waals surface area (Å²) in [6, 6.07) is 9.96. The fourth-order valence-electron chi connectivity index (χ4n) is 3.47. The Morgan fingerprint density at radius 1 is 1.12 bits per heavy atom. The Kier molecular flexibility index (Phi) is 6.74. The van der Waals surface area contributed by atoms with Crippen LogP contribution in [0.15, 0.2) is 58.8 Å². The Balaban J connectivity index is 1.84. The van der Waals surface area contributed by atoms with Crippen molar-refractivity contribution >= 4 is 28.4 Å². The predicted octanol–water partition coefficient (Wildman–Crippen LogP) is 6.41. The number of aromatic nitrogens is 2. The molecule has 0 spiro atoms. The first-order valence-corrected chi connectivity index (χ1v) is 11.4. The maximum atomic E-state index is 13.2. The van der Waals surface area contributed by atoms with Gasteiger partial charge in [-0.05, 0) is 42.3 Å². The number of para-hydroxylation sites is 1. The van der Waals surface area contributed by atoms with E-state index in [1.807, 2.05) is 19.1 Å². The zero-order valence-electron chi connectivity index (χ0n) is 18.4. The lowest BCUT2D eigenvalue weighted by Gasteiger charge is -2.13. The quantitative estimate of drug-likeness (QED) is 0.303. The van der Waals surface area contributed by atoms with E-state index in [1.54, 1.807) is 36.9 Å². The number of benzene rings is 2. The maximum absolute atomic E-state index is 13.2. The number of alkyl halides is 3. The van der Waals surface area contributed by atoms with E-state index < -0.39 is 11.7 Å². The number of ether oxygens (including phenoxy) is 2. The van der Waals surface area contributed by atoms with Gasteiger partial charge in [-0.3, -0.25) is 9.20 Å². The second kappa shape index (κ2) is 9.72. The van der Waals surface area contributed by atoms with Crippen molar-refractivity contribution in [3.8, 4) is 22.6 Å². The van der Waals surface area contributed by atoms with Gasteiger partial charge >= 0.3 is 6.18 Å². The molecule has 0 aliphatic rings. The van der Waals surface area contributed by atoms with E-state index in [9.17, 15) is 18.0 Å². The minimum absolute atomic E-state index is 0.208. The molecule has 5 nitrogen and oxygen atoms in total. The van der Waals surface area contributed by atoms with Crippen LogP contribution in [0.1, 0.15) is 30.2 Å². The lowest BCUT2D eigenvalue weighted by molar-refractivity contribution is -0.137. The predicted molar refractivity (Wildman–Crippen MR) is 127 cm³/mol. The lowest BCUT2D eigenvalue weighted by atomic mass is 10.0. The van der Waals surface area contributed by atoms with Crippen molar-refractivity contribution in [3.05, 3.63) is 81.2 Å². The van der Waals surface area contributed by atoms with Gasteiger partial charge in [-0.25, -0.2) is 4.98 Å². The van der Waals surface area contributed by atoms with Crippen molar-refractivity contribution in [1.29, 1.82) is 0 Å². The number of nitrogens with zero attached hydrogens (tertiary/aromatic N) is 2. The summed E-state index contributed by atoms with van der Waals surface area (Å²) in [5.41, 5.74) is 0.473. The van der Waals surface area contributed by atoms with E-state index in [-0.39, 0.29) is 11.1 Å². The van der Waals surface area contributed by atoms with E-state index in [2.05, 4.69) is 4.98 Å². The number of hydrogen-bond acceptors (Lipinski definition) is 5. The fraction of sp³-hybridized carbons (Fsp3) is 0.200. The summed E-state index contributed by atoms with van der Waals surface area (Å²) in [7, 11) is 1.55. The normalized spacial score (nSPS) is 11.9. The summed E-state index contributed by atoms with van der Waals surface area (Å²) < 4.78 is 51.8. The lowest BCUT2D eigenvalue weighted by Crippen LogP contribution is -2.17. The van der Waals surface area contributed by atoms with Gasteiger partial charge in [0.15, 0.2) is 16.5 Å². The fourth-order valence-corrected chi connectivity index (χ4v) is 4.18. The van der Waals surface area contributed by atoms with Crippen LogP contribution < -0.4 is 15.0 Å². The molecular weight excluding hydrogens is 465 g/mol. The van der Waals surface area contributed by atoms with Crippen LogP contribution >= 0.6 is 11.3 Å². The van der Waals surface area contributed by atoms with Gasteiger partial charge in [0.25, 0.3) is 5.56 Å². The number of halogens is 3. The molecule has 0 radical (unpaired) electrons. The van der Waals surface area contributed by atoms with Gasteiger partial charge in [0.1, 0.15) is 0 Å². The summed E-state index contributed by atoms with van der Waals surface area (Å²) in [4.78, 5) is 18.3. The Labute approximate surface area is 197 Å². The van der Waals surface area contributed by atoms with Crippen molar-refractivity contribution in [2.45, 2.75) is 19.5 Å². The summed E-state index contributed by atoms with van der Waals surface area (Å²) in [5.74, 6) is 1.13. The van der Waals surface area contributed by atoms with Gasteiger partial charge in [0.05, 0.1) is 30.5 Å². The largest absolute Gasteiger partial charge is 0.493 e. The van der Waals surface area contributed by atoms with Crippen LogP contribution in [0.5, 0.6) is 11.5 Å². The van der Waals surface area contributed by atoms with Crippen molar-refractivity contribution in [1.82, 2.24) is 9.38 Å². The Hall–Kier alpha value is -3.59. The van der Waals surface area contributed by atoms with Gasteiger partial charge in [-0.15, -0.1) is 11.3 Å². The molecule has 9 heteroatoms. The van der Waals surface area contributed by atoms with Crippen LogP contribution in [0.25, 0.3) is 28.2 Å². The molecule has 176 valence electrons. The van der Waals surface area contributed by atoms with Crippen LogP contribution in [0.2, 0.25) is 0 Å². The van der Waals surface area contributed by atoms with Gasteiger partial charge in [0, 0.05) is 17.1 Å². The van der Waals surface area contributed by atoms with Crippen LogP contribution in [0, 0.1) is 0 Å². The highest BCUT2D eigenvalue weighted by Crippen LogP contribution is 2.34. The number of thiazole rings is 1. The highest BCUT2D eigenvalue weighted by atomic mass is 32.1. The van der Waals surface area contributed by atoms with Crippen molar-refractivity contribution < 1.29 is 22.6 Å². The zero-order chi connectivity index (χ0) is 24.3. The van der Waals surface area contributed by atoms with Gasteiger partial charge in [-0.1, -0.05) is 31.2 Å². The van der Waals surface area contributed by atoms with Crippen LogP contribution in [-0.4, -0.2) is 23.1 Å². The highest BCUT2D eigenvalue weighted by Gasteiger charge is 2.30. The Bertz CT molecular complexity index is 1390. The molecule has 0 unspecified atom stereocenters. The second-order valence-corrected chi connectivity index (χ2v) is 8.24. The number of methoxy groups -OCH3 is 1. The van der Waals surface area contributed by atoms with Crippen molar-refractivity contribution in [2.24, 2.45) is 0 Å². The van der Waals surface area contributed by atoms with E-state index >= 15 is 0 Å². The molecule has 0 bridgehead atoms. The monoisotopic (exact) mass is 486 g/mol. The molecule has 2 heterocycles. The minimum atomic E-state index is -4.47. The summed E-state index contributed by atoms with van der Waals surface area (Å²) in [6.45, 7) is 2.49. The Morgan fingerprint density at radius 2 is 1.88 bits per heavy atom. The molecule has 0 atom stereocenters. The second-order valence-electron chi connectivity index (χ2n) is 7.37. The zero-order valence-corrected chi connectivity index (χ0v) is 19.2. The van der Waals surface area contributed by atoms with Gasteiger partial charge in [-0.2, -0.15) is 13.2 Å². The summed E-state index contributed by atoms with van der Waals surface area (Å²) in [6.07, 6.45) is 1.36. The molecule has 0 saturated heterocycles. The molecule has 4 rings (SSSR count). The van der Waals surface area contributed by atoms with Crippen LogP contribution in [0.3, 0.4) is 0 Å².